The van der Waals surface area contributed by atoms with Crippen molar-refractivity contribution in [2.24, 2.45) is 5.92 Å². The van der Waals surface area contributed by atoms with E-state index in [9.17, 15) is 14.7 Å². The third kappa shape index (κ3) is 9.80. The summed E-state index contributed by atoms with van der Waals surface area (Å²) >= 11 is 0. The highest BCUT2D eigenvalue weighted by Gasteiger charge is 2.30. The van der Waals surface area contributed by atoms with Gasteiger partial charge in [0.15, 0.2) is 11.5 Å². The Balaban J connectivity index is 1.35. The largest absolute Gasteiger partial charge is 0.497 e. The van der Waals surface area contributed by atoms with Gasteiger partial charge in [0.1, 0.15) is 11.5 Å². The van der Waals surface area contributed by atoms with Gasteiger partial charge in [0.2, 0.25) is 6.79 Å². The van der Waals surface area contributed by atoms with Crippen LogP contribution in [0.2, 0.25) is 0 Å². The number of hydrogen-bond acceptors (Lipinski definition) is 9. The third-order valence-electron chi connectivity index (χ3n) is 9.04. The lowest BCUT2D eigenvalue weighted by molar-refractivity contribution is -0.0177. The van der Waals surface area contributed by atoms with E-state index in [1.165, 1.54) is 0 Å². The molecule has 0 unspecified atom stereocenters. The zero-order valence-corrected chi connectivity index (χ0v) is 29.6. The summed E-state index contributed by atoms with van der Waals surface area (Å²) in [5.74, 6) is 2.24. The van der Waals surface area contributed by atoms with Gasteiger partial charge in [0, 0.05) is 43.5 Å². The molecule has 0 aliphatic carbocycles. The summed E-state index contributed by atoms with van der Waals surface area (Å²) in [5, 5.41) is 15.9. The van der Waals surface area contributed by atoms with Crippen LogP contribution in [0.1, 0.15) is 56.0 Å². The molecule has 0 saturated heterocycles. The SMILES string of the molecule is COc1ccc(NC(=O)Nc2ccc3c(c2)C(=O)N([C@H](C)CO)C[C@H](C)[C@@H](CN(C)Cc2ccc4c(c2)OCO4)OCCCC[C@@H](C)O3)cc1. The molecule has 3 amide bonds. The van der Waals surface area contributed by atoms with E-state index < -0.39 is 12.1 Å². The van der Waals surface area contributed by atoms with Crippen molar-refractivity contribution >= 4 is 23.3 Å². The number of anilines is 2. The topological polar surface area (TPSA) is 131 Å². The molecule has 3 N–H and O–H groups in total. The van der Waals surface area contributed by atoms with Crippen LogP contribution in [0.5, 0.6) is 23.0 Å². The number of carbonyl (C=O) groups excluding carboxylic acids is 2. The lowest BCUT2D eigenvalue weighted by atomic mass is 10.0. The minimum absolute atomic E-state index is 0.0741. The Labute approximate surface area is 294 Å². The van der Waals surface area contributed by atoms with Gasteiger partial charge in [-0.25, -0.2) is 4.79 Å². The van der Waals surface area contributed by atoms with E-state index in [2.05, 4.69) is 29.5 Å². The maximum absolute atomic E-state index is 14.4. The Morgan fingerprint density at radius 3 is 2.48 bits per heavy atom. The van der Waals surface area contributed by atoms with E-state index in [1.807, 2.05) is 32.0 Å². The summed E-state index contributed by atoms with van der Waals surface area (Å²) in [6.45, 7) is 8.15. The van der Waals surface area contributed by atoms with Crippen LogP contribution in [0.3, 0.4) is 0 Å². The molecule has 0 fully saturated rings. The van der Waals surface area contributed by atoms with Crippen LogP contribution in [0.25, 0.3) is 0 Å². The smallest absolute Gasteiger partial charge is 0.323 e. The van der Waals surface area contributed by atoms with Crippen molar-refractivity contribution in [3.8, 4) is 23.0 Å². The van der Waals surface area contributed by atoms with E-state index in [0.717, 1.165) is 36.3 Å². The standard InChI is InChI=1S/C38H50N4O8/c1-25-20-42(26(2)23-43)37(44)32-19-30(40-38(45)39-29-10-13-31(46-5)14-11-29)12-16-33(32)50-27(3)8-6-7-17-47-36(25)22-41(4)21-28-9-15-34-35(18-28)49-24-48-34/h9-16,18-19,25-27,36,43H,6-8,17,20-24H2,1-5H3,(H2,39,40,45)/t25-,26+,27+,36+/m0/s1. The van der Waals surface area contributed by atoms with Crippen molar-refractivity contribution in [1.82, 2.24) is 9.80 Å². The van der Waals surface area contributed by atoms with Crippen LogP contribution in [0.15, 0.2) is 60.7 Å². The number of fused-ring (bicyclic) bond motifs is 2. The lowest BCUT2D eigenvalue weighted by Gasteiger charge is -2.36. The first-order valence-electron chi connectivity index (χ1n) is 17.3. The molecule has 2 heterocycles. The average molecular weight is 691 g/mol. The number of aliphatic hydroxyl groups is 1. The van der Waals surface area contributed by atoms with E-state index in [1.54, 1.807) is 54.5 Å². The molecule has 12 nitrogen and oxygen atoms in total. The molecule has 50 heavy (non-hydrogen) atoms. The van der Waals surface area contributed by atoms with Crippen LogP contribution in [-0.2, 0) is 11.3 Å². The fraction of sp³-hybridized carbons (Fsp3) is 0.474. The maximum Gasteiger partial charge on any atom is 0.323 e. The van der Waals surface area contributed by atoms with Gasteiger partial charge in [0.25, 0.3) is 5.91 Å². The first-order chi connectivity index (χ1) is 24.1. The monoisotopic (exact) mass is 690 g/mol. The lowest BCUT2D eigenvalue weighted by Crippen LogP contribution is -2.47. The highest BCUT2D eigenvalue weighted by atomic mass is 16.7. The molecule has 12 heteroatoms. The van der Waals surface area contributed by atoms with Crippen molar-refractivity contribution in [1.29, 1.82) is 0 Å². The quantitative estimate of drug-likeness (QED) is 0.248. The summed E-state index contributed by atoms with van der Waals surface area (Å²) in [6.07, 6.45) is 2.21. The maximum atomic E-state index is 14.4. The Morgan fingerprint density at radius 1 is 1.00 bits per heavy atom. The molecule has 0 bridgehead atoms. The second-order valence-electron chi connectivity index (χ2n) is 13.2. The number of nitrogens with one attached hydrogen (secondary N) is 2. The predicted octanol–water partition coefficient (Wildman–Crippen LogP) is 6.00. The van der Waals surface area contributed by atoms with E-state index in [0.29, 0.717) is 54.7 Å². The molecule has 0 saturated carbocycles. The van der Waals surface area contributed by atoms with Gasteiger partial charge < -0.3 is 44.3 Å². The average Bonchev–Trinajstić information content (AvgIpc) is 3.58. The van der Waals surface area contributed by atoms with Gasteiger partial charge in [-0.2, -0.15) is 0 Å². The van der Waals surface area contributed by atoms with E-state index in [4.69, 9.17) is 23.7 Å². The molecule has 0 aromatic heterocycles. The molecule has 0 radical (unpaired) electrons. The highest BCUT2D eigenvalue weighted by molar-refractivity contribution is 6.02. The first kappa shape index (κ1) is 36.8. The summed E-state index contributed by atoms with van der Waals surface area (Å²) in [7, 11) is 3.63. The summed E-state index contributed by atoms with van der Waals surface area (Å²) in [5.41, 5.74) is 2.42. The molecule has 0 spiro atoms. The molecule has 3 aromatic carbocycles. The molecule has 4 atom stereocenters. The van der Waals surface area contributed by atoms with Crippen molar-refractivity contribution in [3.05, 3.63) is 71.8 Å². The van der Waals surface area contributed by atoms with Gasteiger partial charge >= 0.3 is 6.03 Å². The van der Waals surface area contributed by atoms with Gasteiger partial charge in [-0.15, -0.1) is 0 Å². The molecule has 2 aliphatic heterocycles. The van der Waals surface area contributed by atoms with Crippen LogP contribution in [-0.4, -0.2) is 92.3 Å². The van der Waals surface area contributed by atoms with Crippen molar-refractivity contribution in [3.63, 3.8) is 0 Å². The number of carbonyl (C=O) groups is 2. The van der Waals surface area contributed by atoms with E-state index in [-0.39, 0.29) is 37.4 Å². The summed E-state index contributed by atoms with van der Waals surface area (Å²) in [4.78, 5) is 31.2. The molecule has 3 aromatic rings. The van der Waals surface area contributed by atoms with Crippen LogP contribution in [0.4, 0.5) is 16.2 Å². The summed E-state index contributed by atoms with van der Waals surface area (Å²) < 4.78 is 29.1. The fourth-order valence-corrected chi connectivity index (χ4v) is 6.15. The Bertz CT molecular complexity index is 1590. The Hall–Kier alpha value is -4.52. The molecule has 270 valence electrons. The van der Waals surface area contributed by atoms with Crippen LogP contribution < -0.4 is 29.6 Å². The minimum Gasteiger partial charge on any atom is -0.497 e. The Kier molecular flexibility index (Phi) is 12.8. The second kappa shape index (κ2) is 17.4. The third-order valence-corrected chi connectivity index (χ3v) is 9.04. The number of ether oxygens (including phenoxy) is 5. The Morgan fingerprint density at radius 2 is 1.72 bits per heavy atom. The molecular weight excluding hydrogens is 640 g/mol. The number of amides is 3. The number of nitrogens with zero attached hydrogens (tertiary/aromatic N) is 2. The van der Waals surface area contributed by atoms with Gasteiger partial charge in [-0.1, -0.05) is 13.0 Å². The summed E-state index contributed by atoms with van der Waals surface area (Å²) in [6, 6.07) is 17.1. The van der Waals surface area contributed by atoms with Gasteiger partial charge in [0.05, 0.1) is 37.5 Å². The number of urea groups is 1. The second-order valence-corrected chi connectivity index (χ2v) is 13.2. The number of benzene rings is 3. The molecule has 2 aliphatic rings. The van der Waals surface area contributed by atoms with Crippen molar-refractivity contribution < 1.29 is 38.4 Å². The highest BCUT2D eigenvalue weighted by Crippen LogP contribution is 2.33. The van der Waals surface area contributed by atoms with Gasteiger partial charge in [-0.05, 0) is 100 Å². The normalized spacial score (nSPS) is 20.3. The van der Waals surface area contributed by atoms with Crippen LogP contribution >= 0.6 is 0 Å². The number of methoxy groups -OCH3 is 1. The first-order valence-corrected chi connectivity index (χ1v) is 17.3. The van der Waals surface area contributed by atoms with E-state index >= 15 is 0 Å². The zero-order chi connectivity index (χ0) is 35.6. The fourth-order valence-electron chi connectivity index (χ4n) is 6.15. The number of rotatable bonds is 9. The minimum atomic E-state index is -0.481. The zero-order valence-electron chi connectivity index (χ0n) is 29.6. The molecular formula is C38H50N4O8. The van der Waals surface area contributed by atoms with Crippen molar-refractivity contribution in [2.45, 2.75) is 64.8 Å². The number of aliphatic hydroxyl groups excluding tert-OH is 1. The van der Waals surface area contributed by atoms with Gasteiger partial charge in [-0.3, -0.25) is 9.69 Å². The number of hydrogen-bond donors (Lipinski definition) is 3. The van der Waals surface area contributed by atoms with Crippen LogP contribution in [0, 0.1) is 5.92 Å². The molecule has 5 rings (SSSR count). The predicted molar refractivity (Wildman–Crippen MR) is 191 cm³/mol. The van der Waals surface area contributed by atoms with Crippen molar-refractivity contribution in [2.75, 3.05) is 57.9 Å². The number of likely N-dealkylation sites (N-methyl/N-ethyl adjacent to an activating group) is 1.